The zero-order chi connectivity index (χ0) is 19.4. The van der Waals surface area contributed by atoms with Crippen LogP contribution in [0.25, 0.3) is 0 Å². The maximum atomic E-state index is 13.5. The predicted molar refractivity (Wildman–Crippen MR) is 109 cm³/mol. The third-order valence-electron chi connectivity index (χ3n) is 5.26. The molecule has 1 aliphatic heterocycles. The van der Waals surface area contributed by atoms with E-state index in [-0.39, 0.29) is 16.6 Å². The number of nitrogens with zero attached hydrogens (tertiary/aromatic N) is 3. The highest BCUT2D eigenvalue weighted by Crippen LogP contribution is 2.42. The fourth-order valence-electron chi connectivity index (χ4n) is 3.57. The Hall–Kier alpha value is -2.08. The van der Waals surface area contributed by atoms with Crippen molar-refractivity contribution in [3.63, 3.8) is 0 Å². The summed E-state index contributed by atoms with van der Waals surface area (Å²) in [6.45, 7) is 5.92. The molecule has 0 saturated carbocycles. The predicted octanol–water partition coefficient (Wildman–Crippen LogP) is 5.06. The Bertz CT molecular complexity index is 776. The van der Waals surface area contributed by atoms with Gasteiger partial charge in [-0.05, 0) is 49.1 Å². The van der Waals surface area contributed by atoms with E-state index in [0.29, 0.717) is 5.92 Å². The molecule has 1 saturated heterocycles. The van der Waals surface area contributed by atoms with Gasteiger partial charge in [0.1, 0.15) is 5.82 Å². The lowest BCUT2D eigenvalue weighted by Gasteiger charge is -2.41. The van der Waals surface area contributed by atoms with Crippen molar-refractivity contribution in [1.29, 1.82) is 0 Å². The van der Waals surface area contributed by atoms with Crippen molar-refractivity contribution in [1.82, 2.24) is 9.88 Å². The molecule has 0 spiro atoms. The average molecular weight is 388 g/mol. The van der Waals surface area contributed by atoms with E-state index in [1.165, 1.54) is 6.07 Å². The van der Waals surface area contributed by atoms with Gasteiger partial charge in [-0.2, -0.15) is 0 Å². The smallest absolute Gasteiger partial charge is 0.324 e. The molecule has 1 aromatic carbocycles. The van der Waals surface area contributed by atoms with Crippen LogP contribution in [0.3, 0.4) is 0 Å². The molecule has 0 radical (unpaired) electrons. The molecule has 0 unspecified atom stereocenters. The highest BCUT2D eigenvalue weighted by molar-refractivity contribution is 8.00. The number of benzene rings is 1. The van der Waals surface area contributed by atoms with Gasteiger partial charge in [-0.3, -0.25) is 9.88 Å². The maximum Gasteiger partial charge on any atom is 0.324 e. The first-order chi connectivity index (χ1) is 12.9. The Balaban J connectivity index is 1.58. The Morgan fingerprint density at radius 2 is 1.89 bits per heavy atom. The number of halogens is 1. The van der Waals surface area contributed by atoms with Crippen molar-refractivity contribution < 1.29 is 9.18 Å². The second-order valence-electron chi connectivity index (χ2n) is 7.47. The molecular formula is C21H26FN3OS. The molecule has 4 nitrogen and oxygen atoms in total. The largest absolute Gasteiger partial charge is 0.324 e. The van der Waals surface area contributed by atoms with Crippen LogP contribution in [0, 0.1) is 11.7 Å². The number of thioether (sulfide) groups is 1. The first-order valence-corrected chi connectivity index (χ1v) is 10.1. The lowest BCUT2D eigenvalue weighted by atomic mass is 9.86. The zero-order valence-corrected chi connectivity index (χ0v) is 16.9. The van der Waals surface area contributed by atoms with Gasteiger partial charge < -0.3 is 4.90 Å². The van der Waals surface area contributed by atoms with Crippen LogP contribution >= 0.6 is 11.8 Å². The minimum Gasteiger partial charge on any atom is -0.324 e. The molecule has 0 atom stereocenters. The lowest BCUT2D eigenvalue weighted by Crippen LogP contribution is -2.47. The molecule has 0 bridgehead atoms. The molecule has 1 aliphatic rings. The molecule has 6 heteroatoms. The number of amides is 2. The standard InChI is InChI=1S/C21H26FN3OS/c1-21(2,27-19-6-4-5-17(22)15-19)16-9-13-25(14-10-16)20(26)24(3)18-7-11-23-12-8-18/h4-8,11-12,15-16H,9-10,13-14H2,1-3H3. The summed E-state index contributed by atoms with van der Waals surface area (Å²) in [4.78, 5) is 21.3. The number of carbonyl (C=O) groups is 1. The maximum absolute atomic E-state index is 13.5. The number of hydrogen-bond donors (Lipinski definition) is 0. The molecule has 0 aliphatic carbocycles. The van der Waals surface area contributed by atoms with Crippen LogP contribution in [0.5, 0.6) is 0 Å². The summed E-state index contributed by atoms with van der Waals surface area (Å²) in [5, 5.41) is 0. The van der Waals surface area contributed by atoms with Gasteiger partial charge in [0.15, 0.2) is 0 Å². The van der Waals surface area contributed by atoms with E-state index in [0.717, 1.165) is 36.5 Å². The molecule has 144 valence electrons. The summed E-state index contributed by atoms with van der Waals surface area (Å²) < 4.78 is 13.5. The van der Waals surface area contributed by atoms with Crippen molar-refractivity contribution >= 4 is 23.5 Å². The highest BCUT2D eigenvalue weighted by atomic mass is 32.2. The Morgan fingerprint density at radius 1 is 1.22 bits per heavy atom. The third-order valence-corrected chi connectivity index (χ3v) is 6.61. The van der Waals surface area contributed by atoms with E-state index in [1.807, 2.05) is 23.1 Å². The van der Waals surface area contributed by atoms with Crippen molar-refractivity contribution in [3.05, 3.63) is 54.6 Å². The quantitative estimate of drug-likeness (QED) is 0.688. The SMILES string of the molecule is CN(C(=O)N1CCC(C(C)(C)Sc2cccc(F)c2)CC1)c1ccncc1. The Morgan fingerprint density at radius 3 is 2.52 bits per heavy atom. The van der Waals surface area contributed by atoms with Crippen LogP contribution < -0.4 is 4.90 Å². The van der Waals surface area contributed by atoms with E-state index in [9.17, 15) is 9.18 Å². The van der Waals surface area contributed by atoms with Gasteiger partial charge in [-0.1, -0.05) is 19.9 Å². The van der Waals surface area contributed by atoms with Crippen LogP contribution in [0.15, 0.2) is 53.7 Å². The van der Waals surface area contributed by atoms with Gasteiger partial charge in [0.25, 0.3) is 0 Å². The van der Waals surface area contributed by atoms with E-state index in [4.69, 9.17) is 0 Å². The summed E-state index contributed by atoms with van der Waals surface area (Å²) in [7, 11) is 1.80. The summed E-state index contributed by atoms with van der Waals surface area (Å²) >= 11 is 1.72. The molecule has 0 N–H and O–H groups in total. The van der Waals surface area contributed by atoms with Gasteiger partial charge in [0, 0.05) is 47.9 Å². The van der Waals surface area contributed by atoms with Crippen molar-refractivity contribution in [2.24, 2.45) is 5.92 Å². The number of carbonyl (C=O) groups excluding carboxylic acids is 1. The molecular weight excluding hydrogens is 361 g/mol. The second-order valence-corrected chi connectivity index (χ2v) is 9.20. The number of rotatable bonds is 4. The first kappa shape index (κ1) is 19.7. The number of urea groups is 1. The van der Waals surface area contributed by atoms with E-state index in [1.54, 1.807) is 48.2 Å². The number of anilines is 1. The second kappa shape index (κ2) is 8.30. The number of likely N-dealkylation sites (tertiary alicyclic amines) is 1. The number of hydrogen-bond acceptors (Lipinski definition) is 3. The summed E-state index contributed by atoms with van der Waals surface area (Å²) in [6, 6.07) is 10.5. The van der Waals surface area contributed by atoms with Crippen LogP contribution in [0.1, 0.15) is 26.7 Å². The monoisotopic (exact) mass is 387 g/mol. The van der Waals surface area contributed by atoms with Crippen LogP contribution in [-0.2, 0) is 0 Å². The lowest BCUT2D eigenvalue weighted by molar-refractivity contribution is 0.168. The molecule has 2 amide bonds. The molecule has 27 heavy (non-hydrogen) atoms. The Kier molecular flexibility index (Phi) is 6.05. The van der Waals surface area contributed by atoms with Crippen LogP contribution in [0.4, 0.5) is 14.9 Å². The van der Waals surface area contributed by atoms with Crippen molar-refractivity contribution in [2.75, 3.05) is 25.0 Å². The fraction of sp³-hybridized carbons (Fsp3) is 0.429. The molecule has 2 aromatic rings. The number of pyridine rings is 1. The van der Waals surface area contributed by atoms with E-state index < -0.39 is 0 Å². The summed E-state index contributed by atoms with van der Waals surface area (Å²) in [5.41, 5.74) is 0.846. The minimum atomic E-state index is -0.199. The topological polar surface area (TPSA) is 36.4 Å². The highest BCUT2D eigenvalue weighted by Gasteiger charge is 2.35. The van der Waals surface area contributed by atoms with Gasteiger partial charge >= 0.3 is 6.03 Å². The van der Waals surface area contributed by atoms with Gasteiger partial charge in [-0.15, -0.1) is 11.8 Å². The van der Waals surface area contributed by atoms with Gasteiger partial charge in [0.2, 0.25) is 0 Å². The van der Waals surface area contributed by atoms with E-state index in [2.05, 4.69) is 18.8 Å². The van der Waals surface area contributed by atoms with Crippen LogP contribution in [-0.4, -0.2) is 40.8 Å². The fourth-order valence-corrected chi connectivity index (χ4v) is 4.90. The van der Waals surface area contributed by atoms with Gasteiger partial charge in [-0.25, -0.2) is 9.18 Å². The van der Waals surface area contributed by atoms with Crippen LogP contribution in [0.2, 0.25) is 0 Å². The molecule has 3 rings (SSSR count). The normalized spacial score (nSPS) is 15.6. The molecule has 2 heterocycles. The van der Waals surface area contributed by atoms with Gasteiger partial charge in [0.05, 0.1) is 0 Å². The Labute approximate surface area is 164 Å². The number of piperidine rings is 1. The number of aromatic nitrogens is 1. The minimum absolute atomic E-state index is 0.0140. The summed E-state index contributed by atoms with van der Waals surface area (Å²) in [6.07, 6.45) is 5.28. The molecule has 1 aromatic heterocycles. The van der Waals surface area contributed by atoms with E-state index >= 15 is 0 Å². The van der Waals surface area contributed by atoms with Crippen molar-refractivity contribution in [3.8, 4) is 0 Å². The first-order valence-electron chi connectivity index (χ1n) is 9.24. The van der Waals surface area contributed by atoms with Crippen molar-refractivity contribution in [2.45, 2.75) is 36.3 Å². The summed E-state index contributed by atoms with van der Waals surface area (Å²) in [5.74, 6) is 0.274. The average Bonchev–Trinajstić information content (AvgIpc) is 2.67. The zero-order valence-electron chi connectivity index (χ0n) is 16.1. The molecule has 1 fully saturated rings. The third kappa shape index (κ3) is 4.80.